The number of halogens is 2. The molecule has 1 N–H and O–H groups in total. The first-order valence-corrected chi connectivity index (χ1v) is 10.3. The molecule has 1 amide bonds. The third-order valence-electron chi connectivity index (χ3n) is 5.02. The van der Waals surface area contributed by atoms with Crippen molar-refractivity contribution in [1.82, 2.24) is 0 Å². The van der Waals surface area contributed by atoms with Crippen LogP contribution >= 0.6 is 27.5 Å². The number of nitrogens with zero attached hydrogens (tertiary/aromatic N) is 1. The molecule has 0 spiro atoms. The number of rotatable bonds is 3. The SMILES string of the molecule is O=C(Nc1cccc(Cl)c1N1CCCCC1)c1cccc2c(Br)cccc12. The van der Waals surface area contributed by atoms with E-state index in [1.165, 1.54) is 6.42 Å². The summed E-state index contributed by atoms with van der Waals surface area (Å²) < 4.78 is 0.978. The van der Waals surface area contributed by atoms with Crippen LogP contribution in [0.1, 0.15) is 29.6 Å². The Morgan fingerprint density at radius 3 is 2.44 bits per heavy atom. The lowest BCUT2D eigenvalue weighted by atomic mass is 10.0. The standard InChI is InChI=1S/C22H20BrClN2O/c23-18-10-5-7-15-16(18)8-4-9-17(15)22(27)25-20-12-6-11-19(24)21(20)26-13-2-1-3-14-26/h4-12H,1-3,13-14H2,(H,25,27). The number of carbonyl (C=O) groups excluding carboxylic acids is 1. The Hall–Kier alpha value is -2.04. The molecular weight excluding hydrogens is 424 g/mol. The molecular formula is C22H20BrClN2O. The molecule has 0 bridgehead atoms. The molecule has 1 fully saturated rings. The smallest absolute Gasteiger partial charge is 0.256 e. The second-order valence-corrected chi connectivity index (χ2v) is 8.04. The van der Waals surface area contributed by atoms with E-state index in [9.17, 15) is 4.79 Å². The van der Waals surface area contributed by atoms with Crippen LogP contribution in [-0.4, -0.2) is 19.0 Å². The number of nitrogens with one attached hydrogen (secondary N) is 1. The molecule has 27 heavy (non-hydrogen) atoms. The first-order valence-electron chi connectivity index (χ1n) is 9.17. The monoisotopic (exact) mass is 442 g/mol. The molecule has 0 aromatic heterocycles. The minimum atomic E-state index is -0.126. The summed E-state index contributed by atoms with van der Waals surface area (Å²) in [5.41, 5.74) is 2.34. The van der Waals surface area contributed by atoms with Crippen molar-refractivity contribution in [3.05, 3.63) is 69.7 Å². The summed E-state index contributed by atoms with van der Waals surface area (Å²) in [5, 5.41) is 5.72. The average Bonchev–Trinajstić information content (AvgIpc) is 2.69. The maximum atomic E-state index is 13.1. The van der Waals surface area contributed by atoms with E-state index in [-0.39, 0.29) is 5.91 Å². The fourth-order valence-electron chi connectivity index (χ4n) is 3.71. The molecule has 0 unspecified atom stereocenters. The maximum absolute atomic E-state index is 13.1. The van der Waals surface area contributed by atoms with Crippen LogP contribution in [0.5, 0.6) is 0 Å². The van der Waals surface area contributed by atoms with Gasteiger partial charge in [0.15, 0.2) is 0 Å². The van der Waals surface area contributed by atoms with Crippen molar-refractivity contribution in [3.63, 3.8) is 0 Å². The molecule has 0 saturated carbocycles. The van der Waals surface area contributed by atoms with Crippen LogP contribution < -0.4 is 10.2 Å². The normalized spacial score (nSPS) is 14.4. The molecule has 0 radical (unpaired) electrons. The number of fused-ring (bicyclic) bond motifs is 1. The van der Waals surface area contributed by atoms with Crippen molar-refractivity contribution in [2.45, 2.75) is 19.3 Å². The quantitative estimate of drug-likeness (QED) is 0.501. The molecule has 3 aromatic rings. The van der Waals surface area contributed by atoms with Crippen LogP contribution in [0.3, 0.4) is 0 Å². The van der Waals surface area contributed by atoms with Crippen molar-refractivity contribution in [2.24, 2.45) is 0 Å². The van der Waals surface area contributed by atoms with Crippen molar-refractivity contribution in [2.75, 3.05) is 23.3 Å². The maximum Gasteiger partial charge on any atom is 0.256 e. The molecule has 138 valence electrons. The van der Waals surface area contributed by atoms with Crippen molar-refractivity contribution in [1.29, 1.82) is 0 Å². The van der Waals surface area contributed by atoms with Crippen molar-refractivity contribution in [3.8, 4) is 0 Å². The minimum Gasteiger partial charge on any atom is -0.369 e. The highest BCUT2D eigenvalue weighted by molar-refractivity contribution is 9.10. The lowest BCUT2D eigenvalue weighted by Gasteiger charge is -2.31. The Balaban J connectivity index is 1.70. The highest BCUT2D eigenvalue weighted by Gasteiger charge is 2.20. The number of amides is 1. The van der Waals surface area contributed by atoms with E-state index in [4.69, 9.17) is 11.6 Å². The second kappa shape index (κ2) is 7.91. The predicted molar refractivity (Wildman–Crippen MR) is 117 cm³/mol. The summed E-state index contributed by atoms with van der Waals surface area (Å²) in [7, 11) is 0. The fraction of sp³-hybridized carbons (Fsp3) is 0.227. The topological polar surface area (TPSA) is 32.3 Å². The molecule has 1 saturated heterocycles. The van der Waals surface area contributed by atoms with Gasteiger partial charge in [0.2, 0.25) is 0 Å². The van der Waals surface area contributed by atoms with Gasteiger partial charge in [0.05, 0.1) is 16.4 Å². The summed E-state index contributed by atoms with van der Waals surface area (Å²) in [6, 6.07) is 17.4. The average molecular weight is 444 g/mol. The first kappa shape index (κ1) is 18.3. The van der Waals surface area contributed by atoms with Crippen LogP contribution in [0.4, 0.5) is 11.4 Å². The van der Waals surface area contributed by atoms with Gasteiger partial charge in [-0.15, -0.1) is 0 Å². The predicted octanol–water partition coefficient (Wildman–Crippen LogP) is 6.50. The third-order valence-corrected chi connectivity index (χ3v) is 6.02. The lowest BCUT2D eigenvalue weighted by molar-refractivity contribution is 0.102. The molecule has 0 aliphatic carbocycles. The number of anilines is 2. The summed E-state index contributed by atoms with van der Waals surface area (Å²) in [6.45, 7) is 1.93. The number of benzene rings is 3. The van der Waals surface area contributed by atoms with E-state index in [0.29, 0.717) is 10.6 Å². The third kappa shape index (κ3) is 3.69. The van der Waals surface area contributed by atoms with Crippen LogP contribution in [0.2, 0.25) is 5.02 Å². The van der Waals surface area contributed by atoms with Crippen molar-refractivity contribution >= 4 is 55.6 Å². The zero-order valence-electron chi connectivity index (χ0n) is 14.8. The number of carbonyl (C=O) groups is 1. The van der Waals surface area contributed by atoms with E-state index >= 15 is 0 Å². The van der Waals surface area contributed by atoms with Gasteiger partial charge in [-0.2, -0.15) is 0 Å². The zero-order valence-corrected chi connectivity index (χ0v) is 17.2. The molecule has 3 nitrogen and oxygen atoms in total. The molecule has 3 aromatic carbocycles. The lowest BCUT2D eigenvalue weighted by Crippen LogP contribution is -2.30. The summed E-state index contributed by atoms with van der Waals surface area (Å²) >= 11 is 10.1. The molecule has 5 heteroatoms. The Morgan fingerprint density at radius 1 is 0.926 bits per heavy atom. The largest absolute Gasteiger partial charge is 0.369 e. The van der Waals surface area contributed by atoms with Crippen LogP contribution in [0, 0.1) is 0 Å². The van der Waals surface area contributed by atoms with Gasteiger partial charge < -0.3 is 10.2 Å². The van der Waals surface area contributed by atoms with Crippen molar-refractivity contribution < 1.29 is 4.79 Å². The highest BCUT2D eigenvalue weighted by atomic mass is 79.9. The summed E-state index contributed by atoms with van der Waals surface area (Å²) in [4.78, 5) is 15.4. The van der Waals surface area contributed by atoms with Gasteiger partial charge in [-0.1, -0.05) is 57.9 Å². The minimum absolute atomic E-state index is 0.126. The van der Waals surface area contributed by atoms with Gasteiger partial charge in [0.25, 0.3) is 5.91 Å². The van der Waals surface area contributed by atoms with E-state index in [1.807, 2.05) is 54.6 Å². The van der Waals surface area contributed by atoms with E-state index in [1.54, 1.807) is 0 Å². The Labute approximate surface area is 172 Å². The van der Waals surface area contributed by atoms with Gasteiger partial charge in [0.1, 0.15) is 0 Å². The first-order chi connectivity index (χ1) is 13.1. The molecule has 4 rings (SSSR count). The van der Waals surface area contributed by atoms with E-state index in [2.05, 4.69) is 26.1 Å². The van der Waals surface area contributed by atoms with Crippen LogP contribution in [-0.2, 0) is 0 Å². The molecule has 0 atom stereocenters. The number of hydrogen-bond acceptors (Lipinski definition) is 2. The number of hydrogen-bond donors (Lipinski definition) is 1. The number of para-hydroxylation sites is 1. The van der Waals surface area contributed by atoms with Gasteiger partial charge in [-0.3, -0.25) is 4.79 Å². The fourth-order valence-corrected chi connectivity index (χ4v) is 4.51. The van der Waals surface area contributed by atoms with E-state index < -0.39 is 0 Å². The molecule has 1 heterocycles. The van der Waals surface area contributed by atoms with E-state index in [0.717, 1.165) is 52.6 Å². The number of piperidine rings is 1. The zero-order chi connectivity index (χ0) is 18.8. The Morgan fingerprint density at radius 2 is 1.63 bits per heavy atom. The van der Waals surface area contributed by atoms with Crippen LogP contribution in [0.15, 0.2) is 59.1 Å². The summed E-state index contributed by atoms with van der Waals surface area (Å²) in [5.74, 6) is -0.126. The van der Waals surface area contributed by atoms with Gasteiger partial charge in [-0.25, -0.2) is 0 Å². The Bertz CT molecular complexity index is 999. The van der Waals surface area contributed by atoms with Gasteiger partial charge in [-0.05, 0) is 54.3 Å². The Kier molecular flexibility index (Phi) is 5.37. The second-order valence-electron chi connectivity index (χ2n) is 6.78. The van der Waals surface area contributed by atoms with Gasteiger partial charge in [0, 0.05) is 23.1 Å². The molecule has 1 aliphatic rings. The summed E-state index contributed by atoms with van der Waals surface area (Å²) in [6.07, 6.45) is 3.54. The van der Waals surface area contributed by atoms with Crippen LogP contribution in [0.25, 0.3) is 10.8 Å². The van der Waals surface area contributed by atoms with Gasteiger partial charge >= 0.3 is 0 Å². The molecule has 1 aliphatic heterocycles. The highest BCUT2D eigenvalue weighted by Crippen LogP contribution is 2.36.